The van der Waals surface area contributed by atoms with E-state index in [0.717, 1.165) is 19.3 Å². The largest absolute Gasteiger partial charge is 0.340 e. The van der Waals surface area contributed by atoms with Crippen LogP contribution in [0.1, 0.15) is 33.1 Å². The van der Waals surface area contributed by atoms with Gasteiger partial charge in [0, 0.05) is 5.92 Å². The van der Waals surface area contributed by atoms with Gasteiger partial charge in [0.1, 0.15) is 0 Å². The van der Waals surface area contributed by atoms with Crippen LogP contribution in [0.5, 0.6) is 0 Å². The average molecular weight is 208 g/mol. The number of terminal acetylenes is 1. The Hall–Kier alpha value is -1.01. The smallest absolute Gasteiger partial charge is 0.224 e. The summed E-state index contributed by atoms with van der Waals surface area (Å²) in [4.78, 5) is 11.9. The van der Waals surface area contributed by atoms with Crippen LogP contribution in [0.2, 0.25) is 0 Å². The van der Waals surface area contributed by atoms with Crippen molar-refractivity contribution in [3.05, 3.63) is 0 Å². The Morgan fingerprint density at radius 2 is 2.27 bits per heavy atom. The van der Waals surface area contributed by atoms with Gasteiger partial charge in [-0.2, -0.15) is 0 Å². The van der Waals surface area contributed by atoms with Crippen LogP contribution in [0.15, 0.2) is 0 Å². The van der Waals surface area contributed by atoms with Crippen molar-refractivity contribution >= 4 is 5.91 Å². The zero-order valence-corrected chi connectivity index (χ0v) is 9.55. The van der Waals surface area contributed by atoms with Gasteiger partial charge in [-0.3, -0.25) is 4.79 Å². The van der Waals surface area contributed by atoms with Crippen molar-refractivity contribution in [3.63, 3.8) is 0 Å². The topological polar surface area (TPSA) is 55.1 Å². The second-order valence-electron chi connectivity index (χ2n) is 4.79. The molecule has 2 atom stereocenters. The van der Waals surface area contributed by atoms with Crippen molar-refractivity contribution in [1.29, 1.82) is 0 Å². The van der Waals surface area contributed by atoms with Crippen LogP contribution in [0.25, 0.3) is 0 Å². The highest BCUT2D eigenvalue weighted by molar-refractivity contribution is 5.80. The van der Waals surface area contributed by atoms with Gasteiger partial charge in [0.05, 0.1) is 5.54 Å². The molecule has 3 heteroatoms. The zero-order valence-electron chi connectivity index (χ0n) is 9.55. The second-order valence-corrected chi connectivity index (χ2v) is 4.79. The molecule has 1 saturated carbocycles. The molecular formula is C12H20N2O. The minimum Gasteiger partial charge on any atom is -0.340 e. The summed E-state index contributed by atoms with van der Waals surface area (Å²) in [5.74, 6) is 3.02. The Morgan fingerprint density at radius 1 is 1.60 bits per heavy atom. The first-order valence-electron chi connectivity index (χ1n) is 5.50. The molecule has 0 radical (unpaired) electrons. The molecule has 1 aliphatic carbocycles. The number of hydrogen-bond acceptors (Lipinski definition) is 2. The van der Waals surface area contributed by atoms with E-state index >= 15 is 0 Å². The van der Waals surface area contributed by atoms with Gasteiger partial charge in [0.2, 0.25) is 5.91 Å². The molecule has 1 amide bonds. The predicted molar refractivity (Wildman–Crippen MR) is 60.9 cm³/mol. The van der Waals surface area contributed by atoms with Crippen molar-refractivity contribution in [2.45, 2.75) is 38.6 Å². The quantitative estimate of drug-likeness (QED) is 0.677. The Balaban J connectivity index is 2.58. The molecule has 0 aromatic carbocycles. The lowest BCUT2D eigenvalue weighted by atomic mass is 9.94. The van der Waals surface area contributed by atoms with Crippen LogP contribution < -0.4 is 11.1 Å². The number of hydrogen-bond donors (Lipinski definition) is 2. The standard InChI is InChI=1S/C12H20N2O/c1-4-12(2,3)14-11(15)10-7-5-6-9(10)8-13/h1,9-10H,5-8,13H2,2-3H3,(H,14,15). The maximum atomic E-state index is 11.9. The van der Waals surface area contributed by atoms with Gasteiger partial charge in [-0.05, 0) is 39.2 Å². The first kappa shape index (κ1) is 12.1. The molecule has 3 N–H and O–H groups in total. The lowest BCUT2D eigenvalue weighted by molar-refractivity contribution is -0.127. The fourth-order valence-corrected chi connectivity index (χ4v) is 2.10. The first-order valence-corrected chi connectivity index (χ1v) is 5.50. The van der Waals surface area contributed by atoms with Gasteiger partial charge in [0.25, 0.3) is 0 Å². The van der Waals surface area contributed by atoms with Crippen molar-refractivity contribution in [2.75, 3.05) is 6.54 Å². The maximum absolute atomic E-state index is 11.9. The number of nitrogens with one attached hydrogen (secondary N) is 1. The molecule has 15 heavy (non-hydrogen) atoms. The fraction of sp³-hybridized carbons (Fsp3) is 0.750. The van der Waals surface area contributed by atoms with Crippen LogP contribution in [0.4, 0.5) is 0 Å². The second kappa shape index (κ2) is 4.67. The lowest BCUT2D eigenvalue weighted by Gasteiger charge is -2.24. The molecule has 0 heterocycles. The predicted octanol–water partition coefficient (Wildman–Crippen LogP) is 0.889. The van der Waals surface area contributed by atoms with E-state index in [0.29, 0.717) is 12.5 Å². The summed E-state index contributed by atoms with van der Waals surface area (Å²) in [6.45, 7) is 4.25. The summed E-state index contributed by atoms with van der Waals surface area (Å²) in [6, 6.07) is 0. The zero-order chi connectivity index (χ0) is 11.5. The normalized spacial score (nSPS) is 26.0. The molecule has 0 aliphatic heterocycles. The van der Waals surface area contributed by atoms with E-state index in [1.807, 2.05) is 13.8 Å². The highest BCUT2D eigenvalue weighted by atomic mass is 16.2. The van der Waals surface area contributed by atoms with E-state index in [1.54, 1.807) is 0 Å². The van der Waals surface area contributed by atoms with Crippen LogP contribution in [0.3, 0.4) is 0 Å². The average Bonchev–Trinajstić information content (AvgIpc) is 2.64. The van der Waals surface area contributed by atoms with E-state index in [9.17, 15) is 4.79 Å². The van der Waals surface area contributed by atoms with Gasteiger partial charge in [-0.25, -0.2) is 0 Å². The summed E-state index contributed by atoms with van der Waals surface area (Å²) in [5.41, 5.74) is 5.08. The molecule has 0 aromatic rings. The van der Waals surface area contributed by atoms with Gasteiger partial charge >= 0.3 is 0 Å². The van der Waals surface area contributed by atoms with Crippen molar-refractivity contribution < 1.29 is 4.79 Å². The third-order valence-electron chi connectivity index (χ3n) is 3.10. The van der Waals surface area contributed by atoms with Gasteiger partial charge in [0.15, 0.2) is 0 Å². The van der Waals surface area contributed by atoms with Crippen LogP contribution in [-0.4, -0.2) is 18.0 Å². The number of nitrogens with two attached hydrogens (primary N) is 1. The van der Waals surface area contributed by atoms with E-state index in [4.69, 9.17) is 12.2 Å². The van der Waals surface area contributed by atoms with E-state index in [1.165, 1.54) is 0 Å². The van der Waals surface area contributed by atoms with Crippen LogP contribution >= 0.6 is 0 Å². The van der Waals surface area contributed by atoms with Crippen LogP contribution in [0, 0.1) is 24.2 Å². The Bertz CT molecular complexity index is 278. The van der Waals surface area contributed by atoms with Crippen molar-refractivity contribution in [3.8, 4) is 12.3 Å². The van der Waals surface area contributed by atoms with Crippen molar-refractivity contribution in [1.82, 2.24) is 5.32 Å². The van der Waals surface area contributed by atoms with E-state index in [2.05, 4.69) is 11.2 Å². The third kappa shape index (κ3) is 2.97. The van der Waals surface area contributed by atoms with Crippen molar-refractivity contribution in [2.24, 2.45) is 17.6 Å². The number of carbonyl (C=O) groups is 1. The molecule has 1 rings (SSSR count). The van der Waals surface area contributed by atoms with E-state index in [-0.39, 0.29) is 11.8 Å². The number of amides is 1. The number of rotatable bonds is 3. The molecule has 0 bridgehead atoms. The molecule has 0 aromatic heterocycles. The summed E-state index contributed by atoms with van der Waals surface area (Å²) in [5, 5.41) is 2.88. The molecule has 1 aliphatic rings. The van der Waals surface area contributed by atoms with E-state index < -0.39 is 5.54 Å². The highest BCUT2D eigenvalue weighted by Gasteiger charge is 2.33. The molecule has 2 unspecified atom stereocenters. The maximum Gasteiger partial charge on any atom is 0.224 e. The summed E-state index contributed by atoms with van der Waals surface area (Å²) >= 11 is 0. The minimum atomic E-state index is -0.557. The SMILES string of the molecule is C#CC(C)(C)NC(=O)C1CCCC1CN. The summed E-state index contributed by atoms with van der Waals surface area (Å²) in [6.07, 6.45) is 8.42. The minimum absolute atomic E-state index is 0.0580. The third-order valence-corrected chi connectivity index (χ3v) is 3.10. The Morgan fingerprint density at radius 3 is 2.80 bits per heavy atom. The first-order chi connectivity index (χ1) is 7.00. The molecule has 0 saturated heterocycles. The lowest BCUT2D eigenvalue weighted by Crippen LogP contribution is -2.46. The number of carbonyl (C=O) groups excluding carboxylic acids is 1. The Kier molecular flexibility index (Phi) is 3.76. The monoisotopic (exact) mass is 208 g/mol. The summed E-state index contributed by atoms with van der Waals surface area (Å²) < 4.78 is 0. The fourth-order valence-electron chi connectivity index (χ4n) is 2.10. The van der Waals surface area contributed by atoms with Crippen LogP contribution in [-0.2, 0) is 4.79 Å². The molecule has 1 fully saturated rings. The molecule has 3 nitrogen and oxygen atoms in total. The molecular weight excluding hydrogens is 188 g/mol. The van der Waals surface area contributed by atoms with Gasteiger partial charge in [-0.1, -0.05) is 12.3 Å². The summed E-state index contributed by atoms with van der Waals surface area (Å²) in [7, 11) is 0. The molecule has 84 valence electrons. The van der Waals surface area contributed by atoms with Gasteiger partial charge in [-0.15, -0.1) is 6.42 Å². The van der Waals surface area contributed by atoms with Gasteiger partial charge < -0.3 is 11.1 Å². The molecule has 0 spiro atoms. The highest BCUT2D eigenvalue weighted by Crippen LogP contribution is 2.31. The Labute approximate surface area is 91.8 Å².